The molecule has 1 aromatic heterocycles. The van der Waals surface area contributed by atoms with Crippen molar-refractivity contribution >= 4 is 29.9 Å². The van der Waals surface area contributed by atoms with Gasteiger partial charge >= 0.3 is 0 Å². The number of benzene rings is 1. The van der Waals surface area contributed by atoms with Gasteiger partial charge in [-0.2, -0.15) is 0 Å². The molecule has 0 radical (unpaired) electrons. The van der Waals surface area contributed by atoms with Crippen molar-refractivity contribution in [2.45, 2.75) is 25.9 Å². The number of rotatable bonds is 3. The molecule has 2 heterocycles. The molecule has 2 atom stereocenters. The van der Waals surface area contributed by atoms with Gasteiger partial charge in [0, 0.05) is 39.1 Å². The summed E-state index contributed by atoms with van der Waals surface area (Å²) in [6.45, 7) is 4.70. The van der Waals surface area contributed by atoms with E-state index in [1.165, 1.54) is 6.07 Å². The fourth-order valence-electron chi connectivity index (χ4n) is 3.26. The van der Waals surface area contributed by atoms with Gasteiger partial charge < -0.3 is 14.8 Å². The van der Waals surface area contributed by atoms with Crippen LogP contribution >= 0.6 is 24.0 Å². The van der Waals surface area contributed by atoms with E-state index < -0.39 is 0 Å². The molecule has 2 aromatic rings. The molecule has 25 heavy (non-hydrogen) atoms. The first-order valence-corrected chi connectivity index (χ1v) is 8.35. The van der Waals surface area contributed by atoms with Crippen LogP contribution in [0.5, 0.6) is 0 Å². The number of likely N-dealkylation sites (tertiary alicyclic amines) is 1. The van der Waals surface area contributed by atoms with E-state index in [1.807, 2.05) is 24.8 Å². The Kier molecular flexibility index (Phi) is 7.22. The lowest BCUT2D eigenvalue weighted by molar-refractivity contribution is 0.189. The number of aromatic nitrogens is 2. The zero-order valence-corrected chi connectivity index (χ0v) is 16.9. The molecule has 0 spiro atoms. The van der Waals surface area contributed by atoms with Crippen molar-refractivity contribution in [1.29, 1.82) is 0 Å². The first kappa shape index (κ1) is 19.7. The van der Waals surface area contributed by atoms with E-state index in [2.05, 4.69) is 31.7 Å². The summed E-state index contributed by atoms with van der Waals surface area (Å²) in [5.41, 5.74) is 0.910. The van der Waals surface area contributed by atoms with Crippen LogP contribution in [0.2, 0.25) is 0 Å². The van der Waals surface area contributed by atoms with Crippen LogP contribution in [0.3, 0.4) is 0 Å². The Morgan fingerprint density at radius 1 is 1.44 bits per heavy atom. The minimum absolute atomic E-state index is 0. The second kappa shape index (κ2) is 9.17. The normalized spacial score (nSPS) is 20.9. The van der Waals surface area contributed by atoms with Gasteiger partial charge in [0.2, 0.25) is 0 Å². The van der Waals surface area contributed by atoms with E-state index in [9.17, 15) is 4.39 Å². The maximum absolute atomic E-state index is 13.3. The third kappa shape index (κ3) is 4.93. The van der Waals surface area contributed by atoms with Crippen molar-refractivity contribution in [3.8, 4) is 0 Å². The van der Waals surface area contributed by atoms with Gasteiger partial charge in [0.05, 0.1) is 12.4 Å². The van der Waals surface area contributed by atoms with Crippen LogP contribution in [0.1, 0.15) is 24.9 Å². The molecule has 1 aromatic carbocycles. The highest BCUT2D eigenvalue weighted by molar-refractivity contribution is 14.0. The van der Waals surface area contributed by atoms with Gasteiger partial charge in [0.15, 0.2) is 5.96 Å². The minimum atomic E-state index is -0.212. The van der Waals surface area contributed by atoms with Crippen LogP contribution in [-0.2, 0) is 6.54 Å². The predicted octanol–water partition coefficient (Wildman–Crippen LogP) is 3.30. The van der Waals surface area contributed by atoms with Gasteiger partial charge in [-0.1, -0.05) is 19.1 Å². The van der Waals surface area contributed by atoms with Gasteiger partial charge in [-0.25, -0.2) is 9.37 Å². The summed E-state index contributed by atoms with van der Waals surface area (Å²) in [7, 11) is 1.79. The molecule has 1 aliphatic heterocycles. The maximum atomic E-state index is 13.3. The van der Waals surface area contributed by atoms with Gasteiger partial charge in [0.25, 0.3) is 0 Å². The van der Waals surface area contributed by atoms with Crippen LogP contribution in [0, 0.1) is 11.7 Å². The van der Waals surface area contributed by atoms with E-state index in [1.54, 1.807) is 19.2 Å². The molecule has 1 fully saturated rings. The highest BCUT2D eigenvalue weighted by Crippen LogP contribution is 2.27. The average Bonchev–Trinajstić information content (AvgIpc) is 3.11. The Labute approximate surface area is 165 Å². The molecule has 7 heteroatoms. The molecule has 1 N–H and O–H groups in total. The number of aliphatic imine (C=N–C) groups is 1. The molecule has 1 aliphatic rings. The predicted molar refractivity (Wildman–Crippen MR) is 109 cm³/mol. The molecule has 3 rings (SSSR count). The lowest BCUT2D eigenvalue weighted by atomic mass is 9.93. The number of hydrogen-bond acceptors (Lipinski definition) is 2. The number of nitrogens with zero attached hydrogens (tertiary/aromatic N) is 4. The van der Waals surface area contributed by atoms with E-state index >= 15 is 0 Å². The maximum Gasteiger partial charge on any atom is 0.193 e. The quantitative estimate of drug-likeness (QED) is 0.437. The first-order chi connectivity index (χ1) is 11.7. The second-order valence-corrected chi connectivity index (χ2v) is 6.32. The van der Waals surface area contributed by atoms with Crippen LogP contribution in [0.25, 0.3) is 0 Å². The Morgan fingerprint density at radius 3 is 2.96 bits per heavy atom. The number of hydrogen-bond donors (Lipinski definition) is 1. The Hall–Kier alpha value is -1.64. The molecule has 0 bridgehead atoms. The van der Waals surface area contributed by atoms with Crippen molar-refractivity contribution in [3.63, 3.8) is 0 Å². The summed E-state index contributed by atoms with van der Waals surface area (Å²) in [4.78, 5) is 10.8. The Bertz CT molecular complexity index is 689. The lowest BCUT2D eigenvalue weighted by Gasteiger charge is -2.39. The molecule has 0 amide bonds. The first-order valence-electron chi connectivity index (χ1n) is 8.35. The highest BCUT2D eigenvalue weighted by atomic mass is 127. The number of guanidine groups is 1. The van der Waals surface area contributed by atoms with E-state index in [-0.39, 0.29) is 29.8 Å². The van der Waals surface area contributed by atoms with Crippen LogP contribution in [0.4, 0.5) is 4.39 Å². The molecule has 0 aliphatic carbocycles. The highest BCUT2D eigenvalue weighted by Gasteiger charge is 2.28. The summed E-state index contributed by atoms with van der Waals surface area (Å²) in [6.07, 6.45) is 6.83. The average molecular weight is 457 g/mol. The number of halogens is 2. The number of nitrogens with one attached hydrogen (secondary N) is 1. The van der Waals surface area contributed by atoms with Crippen LogP contribution in [0.15, 0.2) is 48.0 Å². The topological polar surface area (TPSA) is 45.5 Å². The van der Waals surface area contributed by atoms with Crippen molar-refractivity contribution < 1.29 is 4.39 Å². The number of imidazole rings is 1. The summed E-state index contributed by atoms with van der Waals surface area (Å²) < 4.78 is 15.5. The van der Waals surface area contributed by atoms with Crippen LogP contribution in [-0.4, -0.2) is 40.5 Å². The monoisotopic (exact) mass is 457 g/mol. The van der Waals surface area contributed by atoms with Gasteiger partial charge in [-0.3, -0.25) is 4.99 Å². The zero-order valence-electron chi connectivity index (χ0n) is 14.6. The molecule has 136 valence electrons. The van der Waals surface area contributed by atoms with Crippen molar-refractivity contribution in [2.24, 2.45) is 10.9 Å². The molecule has 0 saturated carbocycles. The van der Waals surface area contributed by atoms with E-state index in [4.69, 9.17) is 0 Å². The van der Waals surface area contributed by atoms with Gasteiger partial charge in [-0.05, 0) is 30.0 Å². The van der Waals surface area contributed by atoms with Gasteiger partial charge in [-0.15, -0.1) is 24.0 Å². The SMILES string of the molecule is CN=C(NCc1cccc(F)c1)N1CCC(C)C(n2ccnc2)C1.I. The minimum Gasteiger partial charge on any atom is -0.352 e. The standard InChI is InChI=1S/C18H24FN5.HI/c1-14-6-8-23(12-17(14)24-9-7-21-13-24)18(20-2)22-11-15-4-3-5-16(19)10-15;/h3-5,7,9-10,13-14,17H,6,8,11-12H2,1-2H3,(H,20,22);1H. The largest absolute Gasteiger partial charge is 0.352 e. The third-order valence-electron chi connectivity index (χ3n) is 4.68. The molecular weight excluding hydrogens is 432 g/mol. The third-order valence-corrected chi connectivity index (χ3v) is 4.68. The smallest absolute Gasteiger partial charge is 0.193 e. The van der Waals surface area contributed by atoms with Gasteiger partial charge in [0.1, 0.15) is 5.82 Å². The summed E-state index contributed by atoms with van der Waals surface area (Å²) in [6, 6.07) is 7.03. The van der Waals surface area contributed by atoms with E-state index in [0.717, 1.165) is 31.0 Å². The van der Waals surface area contributed by atoms with Crippen LogP contribution < -0.4 is 5.32 Å². The van der Waals surface area contributed by atoms with E-state index in [0.29, 0.717) is 18.5 Å². The number of piperidine rings is 1. The lowest BCUT2D eigenvalue weighted by Crippen LogP contribution is -2.48. The Morgan fingerprint density at radius 2 is 2.28 bits per heavy atom. The van der Waals surface area contributed by atoms with Crippen molar-refractivity contribution in [2.75, 3.05) is 20.1 Å². The fourth-order valence-corrected chi connectivity index (χ4v) is 3.26. The second-order valence-electron chi connectivity index (χ2n) is 6.32. The molecular formula is C18H25FIN5. The van der Waals surface area contributed by atoms with Crippen molar-refractivity contribution in [1.82, 2.24) is 19.8 Å². The fraction of sp³-hybridized carbons (Fsp3) is 0.444. The summed E-state index contributed by atoms with van der Waals surface area (Å²) in [5.74, 6) is 1.24. The summed E-state index contributed by atoms with van der Waals surface area (Å²) in [5, 5.41) is 3.35. The van der Waals surface area contributed by atoms with Crippen molar-refractivity contribution in [3.05, 3.63) is 54.4 Å². The zero-order chi connectivity index (χ0) is 16.9. The molecule has 5 nitrogen and oxygen atoms in total. The Balaban J connectivity index is 0.00000225. The molecule has 2 unspecified atom stereocenters. The molecule has 1 saturated heterocycles. The summed E-state index contributed by atoms with van der Waals surface area (Å²) >= 11 is 0.